The summed E-state index contributed by atoms with van der Waals surface area (Å²) in [6.45, 7) is 3.57. The van der Waals surface area contributed by atoms with Crippen molar-refractivity contribution < 1.29 is 10.0 Å². The smallest absolute Gasteiger partial charge is 0.246 e. The Morgan fingerprint density at radius 2 is 2.18 bits per heavy atom. The number of hydrogen-bond donors (Lipinski definition) is 1. The van der Waals surface area contributed by atoms with E-state index in [2.05, 4.69) is 0 Å². The number of fused-ring (bicyclic) bond motifs is 1. The molecule has 1 aromatic carbocycles. The first-order valence-electron chi connectivity index (χ1n) is 5.63. The van der Waals surface area contributed by atoms with E-state index in [4.69, 9.17) is 0 Å². The second kappa shape index (κ2) is 4.85. The van der Waals surface area contributed by atoms with Gasteiger partial charge in [0.25, 0.3) is 0 Å². The Hall–Kier alpha value is -1.39. The second-order valence-corrected chi connectivity index (χ2v) is 5.07. The van der Waals surface area contributed by atoms with Gasteiger partial charge in [-0.3, -0.25) is 10.0 Å². The van der Waals surface area contributed by atoms with Gasteiger partial charge in [0.2, 0.25) is 5.91 Å². The lowest BCUT2D eigenvalue weighted by atomic mass is 10.2. The number of hydrogen-bond acceptors (Lipinski definition) is 3. The highest BCUT2D eigenvalue weighted by Crippen LogP contribution is 2.32. The van der Waals surface area contributed by atoms with Crippen LogP contribution in [0.3, 0.4) is 0 Å². The third kappa shape index (κ3) is 2.33. The van der Waals surface area contributed by atoms with Crippen LogP contribution in [-0.2, 0) is 4.79 Å². The van der Waals surface area contributed by atoms with Gasteiger partial charge >= 0.3 is 0 Å². The Balaban J connectivity index is 2.30. The van der Waals surface area contributed by atoms with Crippen LogP contribution >= 0.6 is 11.3 Å². The minimum Gasteiger partial charge on any atom is -0.285 e. The Labute approximate surface area is 104 Å². The molecule has 0 aliphatic rings. The van der Waals surface area contributed by atoms with Gasteiger partial charge in [-0.1, -0.05) is 25.1 Å². The van der Waals surface area contributed by atoms with Crippen molar-refractivity contribution >= 4 is 27.3 Å². The van der Waals surface area contributed by atoms with E-state index < -0.39 is 0 Å². The number of amides is 1. The zero-order valence-electron chi connectivity index (χ0n) is 9.88. The molecule has 4 heteroatoms. The zero-order valence-corrected chi connectivity index (χ0v) is 10.7. The van der Waals surface area contributed by atoms with Crippen molar-refractivity contribution in [3.8, 4) is 0 Å². The van der Waals surface area contributed by atoms with E-state index in [1.54, 1.807) is 18.3 Å². The fourth-order valence-corrected chi connectivity index (χ4v) is 2.81. The van der Waals surface area contributed by atoms with Crippen LogP contribution in [0.4, 0.5) is 0 Å². The van der Waals surface area contributed by atoms with Crippen molar-refractivity contribution in [1.29, 1.82) is 0 Å². The SMILES string of the molecule is CCC(=O)N(O)C(C)c1cc2ccccc2s1. The molecule has 1 unspecified atom stereocenters. The van der Waals surface area contributed by atoms with Crippen LogP contribution in [0.25, 0.3) is 10.1 Å². The van der Waals surface area contributed by atoms with Gasteiger partial charge in [0.1, 0.15) is 0 Å². The maximum atomic E-state index is 11.4. The van der Waals surface area contributed by atoms with Crippen LogP contribution < -0.4 is 0 Å². The molecule has 17 heavy (non-hydrogen) atoms. The molecular weight excluding hydrogens is 234 g/mol. The molecule has 0 aliphatic heterocycles. The normalized spacial score (nSPS) is 12.6. The summed E-state index contributed by atoms with van der Waals surface area (Å²) in [5.74, 6) is -0.255. The zero-order chi connectivity index (χ0) is 12.4. The predicted octanol–water partition coefficient (Wildman–Crippen LogP) is 3.59. The summed E-state index contributed by atoms with van der Waals surface area (Å²) in [5, 5.41) is 11.7. The van der Waals surface area contributed by atoms with Crippen LogP contribution in [-0.4, -0.2) is 16.2 Å². The standard InChI is InChI=1S/C13H15NO2S/c1-3-13(15)14(16)9(2)12-8-10-6-4-5-7-11(10)17-12/h4-9,16H,3H2,1-2H3. The largest absolute Gasteiger partial charge is 0.285 e. The molecule has 1 heterocycles. The van der Waals surface area contributed by atoms with Crippen LogP contribution in [0.1, 0.15) is 31.2 Å². The van der Waals surface area contributed by atoms with Crippen LogP contribution in [0.15, 0.2) is 30.3 Å². The molecule has 0 saturated heterocycles. The van der Waals surface area contributed by atoms with E-state index >= 15 is 0 Å². The fourth-order valence-electron chi connectivity index (χ4n) is 1.71. The number of carbonyl (C=O) groups excluding carboxylic acids is 1. The summed E-state index contributed by atoms with van der Waals surface area (Å²) >= 11 is 1.61. The Morgan fingerprint density at radius 1 is 1.47 bits per heavy atom. The Bertz CT molecular complexity index is 502. The molecule has 0 saturated carbocycles. The first-order valence-corrected chi connectivity index (χ1v) is 6.44. The van der Waals surface area contributed by atoms with Gasteiger partial charge in [-0.05, 0) is 24.4 Å². The maximum absolute atomic E-state index is 11.4. The third-order valence-electron chi connectivity index (χ3n) is 2.78. The highest BCUT2D eigenvalue weighted by atomic mass is 32.1. The van der Waals surface area contributed by atoms with Crippen molar-refractivity contribution in [3.63, 3.8) is 0 Å². The molecule has 1 amide bonds. The van der Waals surface area contributed by atoms with E-state index in [1.165, 1.54) is 4.70 Å². The van der Waals surface area contributed by atoms with Gasteiger partial charge in [0, 0.05) is 16.0 Å². The van der Waals surface area contributed by atoms with Crippen LogP contribution in [0.5, 0.6) is 0 Å². The Morgan fingerprint density at radius 3 is 2.82 bits per heavy atom. The van der Waals surface area contributed by atoms with Gasteiger partial charge in [-0.15, -0.1) is 11.3 Å². The lowest BCUT2D eigenvalue weighted by molar-refractivity contribution is -0.174. The van der Waals surface area contributed by atoms with Gasteiger partial charge in [-0.2, -0.15) is 0 Å². The molecule has 0 radical (unpaired) electrons. The maximum Gasteiger partial charge on any atom is 0.246 e. The molecule has 2 aromatic rings. The summed E-state index contributed by atoms with van der Waals surface area (Å²) in [6.07, 6.45) is 0.311. The molecular formula is C13H15NO2S. The van der Waals surface area contributed by atoms with Crippen molar-refractivity contribution in [3.05, 3.63) is 35.2 Å². The summed E-state index contributed by atoms with van der Waals surface area (Å²) in [7, 11) is 0. The molecule has 0 spiro atoms. The minimum absolute atomic E-state index is 0.255. The minimum atomic E-state index is -0.292. The van der Waals surface area contributed by atoms with Crippen LogP contribution in [0, 0.1) is 0 Å². The van der Waals surface area contributed by atoms with Gasteiger partial charge in [0.15, 0.2) is 0 Å². The van der Waals surface area contributed by atoms with E-state index in [0.29, 0.717) is 6.42 Å². The lowest BCUT2D eigenvalue weighted by Gasteiger charge is -2.20. The molecule has 1 N–H and O–H groups in total. The van der Waals surface area contributed by atoms with Crippen molar-refractivity contribution in [2.75, 3.05) is 0 Å². The van der Waals surface area contributed by atoms with Gasteiger partial charge in [0.05, 0.1) is 6.04 Å². The number of rotatable bonds is 3. The lowest BCUT2D eigenvalue weighted by Crippen LogP contribution is -2.29. The van der Waals surface area contributed by atoms with Gasteiger partial charge < -0.3 is 0 Å². The number of thiophene rings is 1. The number of benzene rings is 1. The van der Waals surface area contributed by atoms with Crippen molar-refractivity contribution in [2.45, 2.75) is 26.3 Å². The second-order valence-electron chi connectivity index (χ2n) is 3.95. The average molecular weight is 249 g/mol. The molecule has 2 rings (SSSR count). The molecule has 1 atom stereocenters. The summed E-state index contributed by atoms with van der Waals surface area (Å²) in [5.41, 5.74) is 0. The summed E-state index contributed by atoms with van der Waals surface area (Å²) in [6, 6.07) is 9.78. The van der Waals surface area contributed by atoms with E-state index in [9.17, 15) is 10.0 Å². The molecule has 0 bridgehead atoms. The number of hydroxylamine groups is 2. The summed E-state index contributed by atoms with van der Waals surface area (Å²) in [4.78, 5) is 12.4. The summed E-state index contributed by atoms with van der Waals surface area (Å²) < 4.78 is 1.17. The number of nitrogens with zero attached hydrogens (tertiary/aromatic N) is 1. The van der Waals surface area contributed by atoms with Crippen molar-refractivity contribution in [2.24, 2.45) is 0 Å². The topological polar surface area (TPSA) is 40.5 Å². The average Bonchev–Trinajstić information content (AvgIpc) is 2.79. The monoisotopic (exact) mass is 249 g/mol. The molecule has 0 aliphatic carbocycles. The van der Waals surface area contributed by atoms with E-state index in [0.717, 1.165) is 15.3 Å². The Kier molecular flexibility index (Phi) is 3.45. The van der Waals surface area contributed by atoms with Crippen molar-refractivity contribution in [1.82, 2.24) is 5.06 Å². The highest BCUT2D eigenvalue weighted by molar-refractivity contribution is 7.19. The molecule has 1 aromatic heterocycles. The van der Waals surface area contributed by atoms with Crippen LogP contribution in [0.2, 0.25) is 0 Å². The third-order valence-corrected chi connectivity index (χ3v) is 4.07. The quantitative estimate of drug-likeness (QED) is 0.667. The van der Waals surface area contributed by atoms with E-state index in [-0.39, 0.29) is 11.9 Å². The van der Waals surface area contributed by atoms with E-state index in [1.807, 2.05) is 37.3 Å². The molecule has 90 valence electrons. The fraction of sp³-hybridized carbons (Fsp3) is 0.308. The number of carbonyl (C=O) groups is 1. The molecule has 3 nitrogen and oxygen atoms in total. The first-order chi connectivity index (χ1) is 8.13. The van der Waals surface area contributed by atoms with Gasteiger partial charge in [-0.25, -0.2) is 5.06 Å². The first kappa shape index (κ1) is 12.1. The highest BCUT2D eigenvalue weighted by Gasteiger charge is 2.19. The predicted molar refractivity (Wildman–Crippen MR) is 69.2 cm³/mol. The molecule has 0 fully saturated rings.